The second kappa shape index (κ2) is 14.0. The molecule has 232 valence electrons. The number of hydrogen-bond acceptors (Lipinski definition) is 13. The molecule has 4 rings (SSSR count). The van der Waals surface area contributed by atoms with E-state index in [1.165, 1.54) is 0 Å². The van der Waals surface area contributed by atoms with Gasteiger partial charge in [0.25, 0.3) is 0 Å². The number of carboxylic acid groups (broad SMARTS) is 1. The highest BCUT2D eigenvalue weighted by Gasteiger charge is 2.52. The summed E-state index contributed by atoms with van der Waals surface area (Å²) < 4.78 is 36.0. The fourth-order valence-corrected chi connectivity index (χ4v) is 6.16. The summed E-state index contributed by atoms with van der Waals surface area (Å²) in [6.07, 6.45) is -12.0. The number of carboxylic acids is 1. The maximum absolute atomic E-state index is 12.0. The van der Waals surface area contributed by atoms with Crippen molar-refractivity contribution in [3.63, 3.8) is 0 Å². The molecular weight excluding hydrogens is 536 g/mol. The van der Waals surface area contributed by atoms with Crippen molar-refractivity contribution in [2.45, 2.75) is 126 Å². The molecule has 0 spiro atoms. The first-order chi connectivity index (χ1) is 19.1. The Morgan fingerprint density at radius 2 is 1.57 bits per heavy atom. The van der Waals surface area contributed by atoms with Gasteiger partial charge in [-0.3, -0.25) is 0 Å². The van der Waals surface area contributed by atoms with Gasteiger partial charge in [0.05, 0.1) is 24.9 Å². The Bertz CT molecular complexity index is 816. The largest absolute Gasteiger partial charge is 0.479 e. The lowest BCUT2D eigenvalue weighted by Gasteiger charge is -2.49. The van der Waals surface area contributed by atoms with Crippen LogP contribution in [0, 0.1) is 11.8 Å². The molecular formula is C26H44O14. The van der Waals surface area contributed by atoms with E-state index in [1.54, 1.807) is 6.92 Å². The van der Waals surface area contributed by atoms with Crippen LogP contribution in [0.3, 0.4) is 0 Å². The summed E-state index contributed by atoms with van der Waals surface area (Å²) in [7, 11) is 0. The van der Waals surface area contributed by atoms with Gasteiger partial charge >= 0.3 is 5.97 Å². The predicted octanol–water partition coefficient (Wildman–Crippen LogP) is -1.89. The van der Waals surface area contributed by atoms with E-state index in [4.69, 9.17) is 28.4 Å². The van der Waals surface area contributed by atoms with E-state index in [0.717, 1.165) is 12.8 Å². The molecule has 0 amide bonds. The molecule has 0 aromatic rings. The number of ether oxygens (including phenoxy) is 6. The Kier molecular flexibility index (Phi) is 11.1. The quantitative estimate of drug-likeness (QED) is 0.167. The van der Waals surface area contributed by atoms with Gasteiger partial charge < -0.3 is 64.2 Å². The van der Waals surface area contributed by atoms with Crippen molar-refractivity contribution in [3.8, 4) is 0 Å². The summed E-state index contributed by atoms with van der Waals surface area (Å²) in [6, 6.07) is 0. The third-order valence-corrected chi connectivity index (χ3v) is 8.63. The lowest BCUT2D eigenvalue weighted by atomic mass is 9.82. The first-order valence-electron chi connectivity index (χ1n) is 14.2. The molecule has 0 bridgehead atoms. The molecule has 40 heavy (non-hydrogen) atoms. The van der Waals surface area contributed by atoms with Crippen LogP contribution in [0.2, 0.25) is 0 Å². The van der Waals surface area contributed by atoms with E-state index in [-0.39, 0.29) is 18.9 Å². The van der Waals surface area contributed by atoms with Crippen molar-refractivity contribution >= 4 is 5.97 Å². The molecule has 14 heteroatoms. The van der Waals surface area contributed by atoms with Crippen LogP contribution < -0.4 is 0 Å². The van der Waals surface area contributed by atoms with Crippen LogP contribution in [0.4, 0.5) is 0 Å². The van der Waals surface area contributed by atoms with Crippen molar-refractivity contribution < 1.29 is 69.0 Å². The number of carbonyl (C=O) groups is 1. The molecule has 15 atom stereocenters. The van der Waals surface area contributed by atoms with Gasteiger partial charge in [0.2, 0.25) is 0 Å². The lowest BCUT2D eigenvalue weighted by Crippen LogP contribution is -2.64. The number of hydrogen-bond donors (Lipinski definition) is 7. The highest BCUT2D eigenvalue weighted by atomic mass is 16.7. The zero-order chi connectivity index (χ0) is 29.1. The van der Waals surface area contributed by atoms with E-state index >= 15 is 0 Å². The summed E-state index contributed by atoms with van der Waals surface area (Å²) in [5.74, 6) is -2.07. The van der Waals surface area contributed by atoms with E-state index in [2.05, 4.69) is 0 Å². The predicted molar refractivity (Wildman–Crippen MR) is 133 cm³/mol. The minimum atomic E-state index is -1.50. The van der Waals surface area contributed by atoms with Crippen LogP contribution in [0.15, 0.2) is 0 Å². The summed E-state index contributed by atoms with van der Waals surface area (Å²) in [5, 5.41) is 71.2. The number of rotatable bonds is 8. The first-order valence-corrected chi connectivity index (χ1v) is 14.2. The average Bonchev–Trinajstić information content (AvgIpc) is 2.92. The van der Waals surface area contributed by atoms with E-state index in [1.807, 2.05) is 6.92 Å². The maximum Gasteiger partial charge on any atom is 0.333 e. The van der Waals surface area contributed by atoms with Gasteiger partial charge in [-0.15, -0.1) is 0 Å². The van der Waals surface area contributed by atoms with Gasteiger partial charge in [0, 0.05) is 19.1 Å². The van der Waals surface area contributed by atoms with Crippen LogP contribution in [0.25, 0.3) is 0 Å². The highest BCUT2D eigenvalue weighted by Crippen LogP contribution is 2.38. The second-order valence-electron chi connectivity index (χ2n) is 11.2. The molecule has 0 aromatic carbocycles. The summed E-state index contributed by atoms with van der Waals surface area (Å²) in [6.45, 7) is 2.55. The zero-order valence-electron chi connectivity index (χ0n) is 22.8. The third-order valence-electron chi connectivity index (χ3n) is 8.63. The summed E-state index contributed by atoms with van der Waals surface area (Å²) in [4.78, 5) is 12.0. The van der Waals surface area contributed by atoms with E-state index < -0.39 is 105 Å². The van der Waals surface area contributed by atoms with Crippen LogP contribution in [-0.4, -0.2) is 141 Å². The highest BCUT2D eigenvalue weighted by molar-refractivity contribution is 5.72. The molecule has 3 heterocycles. The number of aliphatic hydroxyl groups is 6. The van der Waals surface area contributed by atoms with E-state index in [0.29, 0.717) is 12.8 Å². The summed E-state index contributed by atoms with van der Waals surface area (Å²) in [5.41, 5.74) is 0. The minimum absolute atomic E-state index is 0.0105. The molecule has 0 radical (unpaired) electrons. The van der Waals surface area contributed by atoms with Gasteiger partial charge in [0.1, 0.15) is 42.7 Å². The van der Waals surface area contributed by atoms with Crippen LogP contribution in [0.1, 0.15) is 46.0 Å². The first kappa shape index (κ1) is 31.9. The third kappa shape index (κ3) is 6.63. The van der Waals surface area contributed by atoms with Gasteiger partial charge in [-0.05, 0) is 32.1 Å². The molecule has 4 fully saturated rings. The fourth-order valence-electron chi connectivity index (χ4n) is 6.16. The van der Waals surface area contributed by atoms with Crippen LogP contribution in [0.5, 0.6) is 0 Å². The van der Waals surface area contributed by atoms with E-state index in [9.17, 15) is 40.5 Å². The molecule has 1 aliphatic carbocycles. The Balaban J connectivity index is 1.56. The average molecular weight is 581 g/mol. The summed E-state index contributed by atoms with van der Waals surface area (Å²) >= 11 is 0. The van der Waals surface area contributed by atoms with Gasteiger partial charge in [-0.2, -0.15) is 0 Å². The van der Waals surface area contributed by atoms with Crippen molar-refractivity contribution in [1.82, 2.24) is 0 Å². The van der Waals surface area contributed by atoms with Crippen LogP contribution >= 0.6 is 0 Å². The molecule has 0 aromatic heterocycles. The minimum Gasteiger partial charge on any atom is -0.479 e. The molecule has 7 N–H and O–H groups in total. The Morgan fingerprint density at radius 3 is 2.23 bits per heavy atom. The Morgan fingerprint density at radius 1 is 0.825 bits per heavy atom. The fraction of sp³-hybridized carbons (Fsp3) is 0.962. The van der Waals surface area contributed by atoms with Gasteiger partial charge in [-0.25, -0.2) is 4.79 Å². The van der Waals surface area contributed by atoms with Crippen molar-refractivity contribution in [1.29, 1.82) is 0 Å². The Hall–Kier alpha value is -1.01. The number of aliphatic carboxylic acids is 1. The van der Waals surface area contributed by atoms with Crippen LogP contribution in [-0.2, 0) is 33.2 Å². The van der Waals surface area contributed by atoms with Gasteiger partial charge in [0.15, 0.2) is 18.7 Å². The topological polar surface area (TPSA) is 214 Å². The standard InChI is InChI=1S/C26H44O14/c1-3-12-5-4-6-14(20(12)40-25-19(32)18(31)16(29)11(2)36-25)37-26-23-22(17(30)15(10-28)38-26)39-21(24(33)34)13(9-27)7-8-35-23/h11-23,25-32H,3-10H2,1-2H3,(H,33,34). The van der Waals surface area contributed by atoms with Crippen molar-refractivity contribution in [2.75, 3.05) is 19.8 Å². The molecule has 14 nitrogen and oxygen atoms in total. The number of fused-ring (bicyclic) bond motifs is 1. The SMILES string of the molecule is CCC1CCCC(OC2OC(CO)C(O)C3OC(C(=O)O)C(CO)CCOC23)C1OC1OC(C)C(O)C(O)C1O. The monoisotopic (exact) mass is 580 g/mol. The second-order valence-corrected chi connectivity index (χ2v) is 11.2. The molecule has 3 aliphatic heterocycles. The molecule has 4 aliphatic rings. The Labute approximate surface area is 232 Å². The molecule has 15 unspecified atom stereocenters. The van der Waals surface area contributed by atoms with Gasteiger partial charge in [-0.1, -0.05) is 19.8 Å². The van der Waals surface area contributed by atoms with Crippen molar-refractivity contribution in [2.24, 2.45) is 11.8 Å². The van der Waals surface area contributed by atoms with Crippen molar-refractivity contribution in [3.05, 3.63) is 0 Å². The number of aliphatic hydroxyl groups excluding tert-OH is 6. The normalized spacial score (nSPS) is 48.5. The smallest absolute Gasteiger partial charge is 0.333 e. The molecule has 1 saturated carbocycles. The lowest BCUT2D eigenvalue weighted by molar-refractivity contribution is -0.356. The molecule has 3 saturated heterocycles. The maximum atomic E-state index is 12.0. The zero-order valence-corrected chi connectivity index (χ0v) is 22.8.